The van der Waals surface area contributed by atoms with Gasteiger partial charge in [-0.2, -0.15) is 0 Å². The van der Waals surface area contributed by atoms with Crippen molar-refractivity contribution in [2.45, 2.75) is 12.2 Å². The van der Waals surface area contributed by atoms with Gasteiger partial charge in [0, 0.05) is 12.1 Å². The van der Waals surface area contributed by atoms with Crippen LogP contribution in [0.5, 0.6) is 0 Å². The molecule has 0 atom stereocenters. The van der Waals surface area contributed by atoms with Gasteiger partial charge in [0.05, 0.1) is 18.9 Å². The number of pyridine rings is 1. The molecule has 0 bridgehead atoms. The van der Waals surface area contributed by atoms with Crippen molar-refractivity contribution in [1.29, 1.82) is 0 Å². The fraction of sp³-hybridized carbons (Fsp3) is 0.444. The Hall–Kier alpha value is -0.640. The molecule has 0 aromatic carbocycles. The van der Waals surface area contributed by atoms with Crippen LogP contribution >= 0.6 is 11.6 Å². The first-order valence-electron chi connectivity index (χ1n) is 4.14. The number of halogens is 1. The lowest BCUT2D eigenvalue weighted by Crippen LogP contribution is -2.01. The number of hydrogen-bond acceptors (Lipinski definition) is 3. The van der Waals surface area contributed by atoms with Crippen LogP contribution in [0.3, 0.4) is 0 Å². The van der Waals surface area contributed by atoms with E-state index in [0.717, 1.165) is 11.3 Å². The fourth-order valence-corrected chi connectivity index (χ4v) is 1.40. The van der Waals surface area contributed by atoms with Gasteiger partial charge in [-0.25, -0.2) is 0 Å². The predicted octanol–water partition coefficient (Wildman–Crippen LogP) is 1.87. The maximum absolute atomic E-state index is 5.70. The Balaban J connectivity index is 2.18. The standard InChI is InChI=1S/C9H10ClNO2/c10-6-7-1-2-11-8(5-7)9-12-3-4-13-9/h1-2,5,9H,3-4,6H2. The van der Waals surface area contributed by atoms with E-state index in [4.69, 9.17) is 21.1 Å². The van der Waals surface area contributed by atoms with E-state index in [0.29, 0.717) is 19.1 Å². The quantitative estimate of drug-likeness (QED) is 0.682. The van der Waals surface area contributed by atoms with Gasteiger partial charge in [0.2, 0.25) is 6.29 Å². The molecule has 1 aliphatic rings. The first-order valence-corrected chi connectivity index (χ1v) is 4.67. The van der Waals surface area contributed by atoms with E-state index >= 15 is 0 Å². The molecule has 0 N–H and O–H groups in total. The number of nitrogens with zero attached hydrogens (tertiary/aromatic N) is 1. The summed E-state index contributed by atoms with van der Waals surface area (Å²) < 4.78 is 10.6. The topological polar surface area (TPSA) is 31.4 Å². The normalized spacial score (nSPS) is 17.9. The molecular formula is C9H10ClNO2. The van der Waals surface area contributed by atoms with E-state index in [2.05, 4.69) is 4.98 Å². The van der Waals surface area contributed by atoms with Crippen LogP contribution in [0, 0.1) is 0 Å². The van der Waals surface area contributed by atoms with Crippen molar-refractivity contribution in [3.8, 4) is 0 Å². The van der Waals surface area contributed by atoms with Gasteiger partial charge in [-0.05, 0) is 17.7 Å². The highest BCUT2D eigenvalue weighted by Gasteiger charge is 2.19. The van der Waals surface area contributed by atoms with Crippen molar-refractivity contribution in [3.05, 3.63) is 29.6 Å². The fourth-order valence-electron chi connectivity index (χ4n) is 1.24. The summed E-state index contributed by atoms with van der Waals surface area (Å²) in [6, 6.07) is 3.79. The van der Waals surface area contributed by atoms with Gasteiger partial charge >= 0.3 is 0 Å². The first-order chi connectivity index (χ1) is 6.40. The predicted molar refractivity (Wildman–Crippen MR) is 48.4 cm³/mol. The minimum atomic E-state index is -0.303. The van der Waals surface area contributed by atoms with Gasteiger partial charge in [0.25, 0.3) is 0 Å². The maximum Gasteiger partial charge on any atom is 0.201 e. The number of rotatable bonds is 2. The van der Waals surface area contributed by atoms with Gasteiger partial charge in [0.1, 0.15) is 0 Å². The van der Waals surface area contributed by atoms with Crippen LogP contribution in [0.1, 0.15) is 17.5 Å². The van der Waals surface area contributed by atoms with Gasteiger partial charge in [-0.1, -0.05) is 0 Å². The van der Waals surface area contributed by atoms with E-state index in [1.165, 1.54) is 0 Å². The number of hydrogen-bond donors (Lipinski definition) is 0. The Labute approximate surface area is 81.6 Å². The van der Waals surface area contributed by atoms with Crippen molar-refractivity contribution in [1.82, 2.24) is 4.98 Å². The number of alkyl halides is 1. The zero-order valence-corrected chi connectivity index (χ0v) is 7.83. The highest BCUT2D eigenvalue weighted by Crippen LogP contribution is 2.21. The van der Waals surface area contributed by atoms with Crippen LogP contribution in [0.4, 0.5) is 0 Å². The van der Waals surface area contributed by atoms with Crippen LogP contribution in [0.2, 0.25) is 0 Å². The van der Waals surface area contributed by atoms with Crippen LogP contribution < -0.4 is 0 Å². The van der Waals surface area contributed by atoms with E-state index in [9.17, 15) is 0 Å². The monoisotopic (exact) mass is 199 g/mol. The number of aromatic nitrogens is 1. The molecule has 4 heteroatoms. The zero-order chi connectivity index (χ0) is 9.10. The highest BCUT2D eigenvalue weighted by atomic mass is 35.5. The third kappa shape index (κ3) is 1.99. The Morgan fingerprint density at radius 1 is 1.46 bits per heavy atom. The van der Waals surface area contributed by atoms with Gasteiger partial charge in [0.15, 0.2) is 0 Å². The van der Waals surface area contributed by atoms with Crippen LogP contribution in [0.15, 0.2) is 18.3 Å². The molecule has 0 amide bonds. The second kappa shape index (κ2) is 4.05. The minimum Gasteiger partial charge on any atom is -0.345 e. The summed E-state index contributed by atoms with van der Waals surface area (Å²) in [7, 11) is 0. The molecule has 0 spiro atoms. The molecule has 1 aliphatic heterocycles. The lowest BCUT2D eigenvalue weighted by Gasteiger charge is -2.08. The molecule has 2 heterocycles. The van der Waals surface area contributed by atoms with Crippen molar-refractivity contribution in [2.75, 3.05) is 13.2 Å². The molecule has 0 aliphatic carbocycles. The molecule has 0 saturated carbocycles. The molecular weight excluding hydrogens is 190 g/mol. The average Bonchev–Trinajstić information content (AvgIpc) is 2.71. The molecule has 1 aromatic heterocycles. The Morgan fingerprint density at radius 3 is 2.92 bits per heavy atom. The first kappa shape index (κ1) is 8.94. The maximum atomic E-state index is 5.70. The summed E-state index contributed by atoms with van der Waals surface area (Å²) in [5.74, 6) is 0.488. The zero-order valence-electron chi connectivity index (χ0n) is 7.07. The largest absolute Gasteiger partial charge is 0.345 e. The van der Waals surface area contributed by atoms with Crippen LogP contribution in [-0.4, -0.2) is 18.2 Å². The smallest absolute Gasteiger partial charge is 0.201 e. The molecule has 70 valence electrons. The summed E-state index contributed by atoms with van der Waals surface area (Å²) in [5, 5.41) is 0. The molecule has 0 radical (unpaired) electrons. The van der Waals surface area contributed by atoms with Crippen LogP contribution in [-0.2, 0) is 15.4 Å². The third-order valence-corrected chi connectivity index (χ3v) is 2.17. The summed E-state index contributed by atoms with van der Waals surface area (Å²) in [6.45, 7) is 1.27. The number of ether oxygens (including phenoxy) is 2. The summed E-state index contributed by atoms with van der Waals surface area (Å²) in [5.41, 5.74) is 1.83. The SMILES string of the molecule is ClCc1ccnc(C2OCCO2)c1. The van der Waals surface area contributed by atoms with Gasteiger partial charge < -0.3 is 9.47 Å². The second-order valence-corrected chi connectivity index (χ2v) is 3.06. The molecule has 3 nitrogen and oxygen atoms in total. The van der Waals surface area contributed by atoms with Crippen molar-refractivity contribution < 1.29 is 9.47 Å². The van der Waals surface area contributed by atoms with Crippen LogP contribution in [0.25, 0.3) is 0 Å². The highest BCUT2D eigenvalue weighted by molar-refractivity contribution is 6.17. The van der Waals surface area contributed by atoms with Gasteiger partial charge in [-0.15, -0.1) is 11.6 Å². The van der Waals surface area contributed by atoms with E-state index in [1.54, 1.807) is 6.20 Å². The Bertz CT molecular complexity index is 287. The third-order valence-electron chi connectivity index (χ3n) is 1.86. The summed E-state index contributed by atoms with van der Waals surface area (Å²) in [6.07, 6.45) is 1.42. The van der Waals surface area contributed by atoms with Crippen molar-refractivity contribution in [2.24, 2.45) is 0 Å². The molecule has 1 aromatic rings. The van der Waals surface area contributed by atoms with E-state index in [1.807, 2.05) is 12.1 Å². The molecule has 2 rings (SSSR count). The van der Waals surface area contributed by atoms with Crippen molar-refractivity contribution in [3.63, 3.8) is 0 Å². The molecule has 1 fully saturated rings. The Kier molecular flexibility index (Phi) is 2.78. The van der Waals surface area contributed by atoms with Crippen molar-refractivity contribution >= 4 is 11.6 Å². The van der Waals surface area contributed by atoms with E-state index in [-0.39, 0.29) is 6.29 Å². The Morgan fingerprint density at radius 2 is 2.23 bits per heavy atom. The molecule has 13 heavy (non-hydrogen) atoms. The molecule has 0 unspecified atom stereocenters. The summed E-state index contributed by atoms with van der Waals surface area (Å²) in [4.78, 5) is 4.16. The lowest BCUT2D eigenvalue weighted by molar-refractivity contribution is -0.0473. The average molecular weight is 200 g/mol. The van der Waals surface area contributed by atoms with E-state index < -0.39 is 0 Å². The second-order valence-electron chi connectivity index (χ2n) is 2.80. The van der Waals surface area contributed by atoms with Gasteiger partial charge in [-0.3, -0.25) is 4.98 Å². The lowest BCUT2D eigenvalue weighted by atomic mass is 10.2. The molecule has 1 saturated heterocycles. The minimum absolute atomic E-state index is 0.303. The summed E-state index contributed by atoms with van der Waals surface area (Å²) >= 11 is 5.70.